The lowest BCUT2D eigenvalue weighted by molar-refractivity contribution is 0.102. The molecule has 0 bridgehead atoms. The van der Waals surface area contributed by atoms with Gasteiger partial charge in [-0.2, -0.15) is 0 Å². The van der Waals surface area contributed by atoms with E-state index >= 15 is 0 Å². The van der Waals surface area contributed by atoms with Gasteiger partial charge in [0.1, 0.15) is 0 Å². The zero-order valence-electron chi connectivity index (χ0n) is 10.2. The summed E-state index contributed by atoms with van der Waals surface area (Å²) < 4.78 is 0. The number of anilines is 1. The lowest BCUT2D eigenvalue weighted by Crippen LogP contribution is -2.12. The maximum Gasteiger partial charge on any atom is 0.255 e. The van der Waals surface area contributed by atoms with Crippen molar-refractivity contribution in [3.63, 3.8) is 0 Å². The Bertz CT molecular complexity index is 579. The molecule has 0 aromatic heterocycles. The fourth-order valence-electron chi connectivity index (χ4n) is 1.59. The van der Waals surface area contributed by atoms with Crippen molar-refractivity contribution < 1.29 is 10.3 Å². The summed E-state index contributed by atoms with van der Waals surface area (Å²) in [4.78, 5) is 12.0. The number of para-hydroxylation sites is 1. The van der Waals surface area contributed by atoms with Crippen LogP contribution >= 0.6 is 23.2 Å². The average Bonchev–Trinajstić information content (AvgIpc) is 2.34. The Morgan fingerprint density at radius 3 is 2.21 bits per heavy atom. The van der Waals surface area contributed by atoms with Crippen LogP contribution in [0.1, 0.15) is 15.9 Å². The van der Waals surface area contributed by atoms with E-state index in [9.17, 15) is 4.79 Å². The van der Waals surface area contributed by atoms with Gasteiger partial charge in [0.15, 0.2) is 0 Å². The van der Waals surface area contributed by atoms with Gasteiger partial charge >= 0.3 is 0 Å². The number of carbonyl (C=O) groups excluding carboxylic acids is 1. The van der Waals surface area contributed by atoms with Gasteiger partial charge in [0.25, 0.3) is 5.91 Å². The first kappa shape index (κ1) is 15.5. The summed E-state index contributed by atoms with van der Waals surface area (Å²) in [5, 5.41) is 3.56. The SMILES string of the molecule is Cc1cccc(C(=O)Nc2c(Cl)cccc2Cl)c1.O. The van der Waals surface area contributed by atoms with Crippen LogP contribution in [-0.4, -0.2) is 11.4 Å². The average molecular weight is 298 g/mol. The molecular formula is C14H13Cl2NO2. The molecule has 0 fully saturated rings. The standard InChI is InChI=1S/C14H11Cl2NO.H2O/c1-9-4-2-5-10(8-9)14(18)17-13-11(15)6-3-7-12(13)16;/h2-8H,1H3,(H,17,18);1H2. The van der Waals surface area contributed by atoms with E-state index in [1.54, 1.807) is 30.3 Å². The summed E-state index contributed by atoms with van der Waals surface area (Å²) in [5.41, 5.74) is 2.03. The summed E-state index contributed by atoms with van der Waals surface area (Å²) >= 11 is 12.0. The molecule has 0 spiro atoms. The van der Waals surface area contributed by atoms with Crippen molar-refractivity contribution in [1.29, 1.82) is 0 Å². The number of benzene rings is 2. The second-order valence-corrected chi connectivity index (χ2v) is 4.73. The van der Waals surface area contributed by atoms with Crippen LogP contribution in [0.5, 0.6) is 0 Å². The number of rotatable bonds is 2. The van der Waals surface area contributed by atoms with Gasteiger partial charge in [-0.25, -0.2) is 0 Å². The summed E-state index contributed by atoms with van der Waals surface area (Å²) in [6.45, 7) is 1.93. The second kappa shape index (κ2) is 6.57. The van der Waals surface area contributed by atoms with Crippen LogP contribution in [0, 0.1) is 6.92 Å². The minimum Gasteiger partial charge on any atom is -0.412 e. The van der Waals surface area contributed by atoms with Gasteiger partial charge in [-0.05, 0) is 31.2 Å². The zero-order valence-corrected chi connectivity index (χ0v) is 11.7. The predicted molar refractivity (Wildman–Crippen MR) is 79.2 cm³/mol. The van der Waals surface area contributed by atoms with E-state index in [0.29, 0.717) is 21.3 Å². The number of nitrogens with one attached hydrogen (secondary N) is 1. The topological polar surface area (TPSA) is 60.6 Å². The van der Waals surface area contributed by atoms with Crippen molar-refractivity contribution in [2.75, 3.05) is 5.32 Å². The largest absolute Gasteiger partial charge is 0.412 e. The number of aryl methyl sites for hydroxylation is 1. The van der Waals surface area contributed by atoms with Crippen LogP contribution in [0.3, 0.4) is 0 Å². The molecule has 0 unspecified atom stereocenters. The van der Waals surface area contributed by atoms with Crippen LogP contribution < -0.4 is 5.32 Å². The molecule has 0 atom stereocenters. The molecule has 0 saturated heterocycles. The molecule has 0 aliphatic rings. The number of hydrogen-bond acceptors (Lipinski definition) is 1. The van der Waals surface area contributed by atoms with Crippen LogP contribution in [-0.2, 0) is 0 Å². The van der Waals surface area contributed by atoms with Crippen molar-refractivity contribution >= 4 is 34.8 Å². The van der Waals surface area contributed by atoms with Crippen LogP contribution in [0.2, 0.25) is 10.0 Å². The quantitative estimate of drug-likeness (QED) is 0.902. The molecule has 5 heteroatoms. The molecule has 2 aromatic carbocycles. The van der Waals surface area contributed by atoms with Crippen molar-refractivity contribution in [2.45, 2.75) is 6.92 Å². The summed E-state index contributed by atoms with van der Waals surface area (Å²) in [5.74, 6) is -0.228. The van der Waals surface area contributed by atoms with Gasteiger partial charge in [0, 0.05) is 5.56 Å². The van der Waals surface area contributed by atoms with Crippen molar-refractivity contribution in [2.24, 2.45) is 0 Å². The Morgan fingerprint density at radius 2 is 1.63 bits per heavy atom. The monoisotopic (exact) mass is 297 g/mol. The molecule has 100 valence electrons. The van der Waals surface area contributed by atoms with E-state index in [-0.39, 0.29) is 11.4 Å². The number of hydrogen-bond donors (Lipinski definition) is 1. The summed E-state index contributed by atoms with van der Waals surface area (Å²) in [6, 6.07) is 12.4. The molecular weight excluding hydrogens is 285 g/mol. The molecule has 0 radical (unpaired) electrons. The van der Waals surface area contributed by atoms with Crippen molar-refractivity contribution in [3.05, 3.63) is 63.6 Å². The smallest absolute Gasteiger partial charge is 0.255 e. The Kier molecular flexibility index (Phi) is 5.36. The van der Waals surface area contributed by atoms with Gasteiger partial charge in [-0.15, -0.1) is 0 Å². The van der Waals surface area contributed by atoms with Crippen LogP contribution in [0.25, 0.3) is 0 Å². The first-order valence-corrected chi connectivity index (χ1v) is 6.15. The highest BCUT2D eigenvalue weighted by Gasteiger charge is 2.11. The van der Waals surface area contributed by atoms with E-state index in [4.69, 9.17) is 23.2 Å². The molecule has 3 N–H and O–H groups in total. The van der Waals surface area contributed by atoms with Crippen LogP contribution in [0.4, 0.5) is 5.69 Å². The number of amides is 1. The Morgan fingerprint density at radius 1 is 1.05 bits per heavy atom. The fourth-order valence-corrected chi connectivity index (χ4v) is 2.08. The molecule has 1 amide bonds. The van der Waals surface area contributed by atoms with Crippen LogP contribution in [0.15, 0.2) is 42.5 Å². The van der Waals surface area contributed by atoms with Crippen molar-refractivity contribution in [3.8, 4) is 0 Å². The fraction of sp³-hybridized carbons (Fsp3) is 0.0714. The lowest BCUT2D eigenvalue weighted by atomic mass is 10.1. The van der Waals surface area contributed by atoms with Gasteiger partial charge < -0.3 is 10.8 Å². The third kappa shape index (κ3) is 3.70. The molecule has 2 rings (SSSR count). The lowest BCUT2D eigenvalue weighted by Gasteiger charge is -2.09. The summed E-state index contributed by atoms with van der Waals surface area (Å²) in [6.07, 6.45) is 0. The normalized spacial score (nSPS) is 9.63. The molecule has 3 nitrogen and oxygen atoms in total. The number of carbonyl (C=O) groups is 1. The molecule has 2 aromatic rings. The van der Waals surface area contributed by atoms with E-state index in [1.807, 2.05) is 19.1 Å². The molecule has 0 aliphatic carbocycles. The first-order chi connectivity index (χ1) is 8.58. The molecule has 0 aliphatic heterocycles. The Labute approximate surface area is 121 Å². The van der Waals surface area contributed by atoms with E-state index in [1.165, 1.54) is 0 Å². The first-order valence-electron chi connectivity index (χ1n) is 5.40. The zero-order chi connectivity index (χ0) is 13.1. The molecule has 19 heavy (non-hydrogen) atoms. The van der Waals surface area contributed by atoms with E-state index < -0.39 is 0 Å². The Hall–Kier alpha value is -1.55. The van der Waals surface area contributed by atoms with E-state index in [2.05, 4.69) is 5.32 Å². The van der Waals surface area contributed by atoms with Crippen molar-refractivity contribution in [1.82, 2.24) is 0 Å². The maximum absolute atomic E-state index is 12.0. The number of halogens is 2. The summed E-state index contributed by atoms with van der Waals surface area (Å²) in [7, 11) is 0. The third-order valence-electron chi connectivity index (χ3n) is 2.48. The minimum absolute atomic E-state index is 0. The van der Waals surface area contributed by atoms with Gasteiger partial charge in [0.05, 0.1) is 15.7 Å². The second-order valence-electron chi connectivity index (χ2n) is 3.92. The maximum atomic E-state index is 12.0. The molecule has 0 saturated carbocycles. The van der Waals surface area contributed by atoms with Gasteiger partial charge in [-0.1, -0.05) is 47.0 Å². The molecule has 0 heterocycles. The highest BCUT2D eigenvalue weighted by Crippen LogP contribution is 2.30. The third-order valence-corrected chi connectivity index (χ3v) is 3.11. The minimum atomic E-state index is -0.228. The predicted octanol–water partition coefficient (Wildman–Crippen LogP) is 3.73. The highest BCUT2D eigenvalue weighted by molar-refractivity contribution is 6.40. The van der Waals surface area contributed by atoms with E-state index in [0.717, 1.165) is 5.56 Å². The van der Waals surface area contributed by atoms with Gasteiger partial charge in [-0.3, -0.25) is 4.79 Å². The Balaban J connectivity index is 0.00000180. The van der Waals surface area contributed by atoms with Gasteiger partial charge in [0.2, 0.25) is 0 Å². The highest BCUT2D eigenvalue weighted by atomic mass is 35.5.